The van der Waals surface area contributed by atoms with Crippen LogP contribution in [0.25, 0.3) is 6.08 Å². The molecule has 0 fully saturated rings. The van der Waals surface area contributed by atoms with E-state index in [2.05, 4.69) is 34.2 Å². The first-order valence-corrected chi connectivity index (χ1v) is 8.18. The third-order valence-electron chi connectivity index (χ3n) is 4.41. The largest absolute Gasteiger partial charge is 0.497 e. The van der Waals surface area contributed by atoms with Crippen LogP contribution >= 0.6 is 0 Å². The first kappa shape index (κ1) is 15.4. The average molecular weight is 334 g/mol. The molecule has 2 aliphatic rings. The highest BCUT2D eigenvalue weighted by atomic mass is 16.6. The van der Waals surface area contributed by atoms with E-state index in [1.54, 1.807) is 20.1 Å². The van der Waals surface area contributed by atoms with Crippen molar-refractivity contribution in [1.29, 1.82) is 0 Å². The van der Waals surface area contributed by atoms with Crippen molar-refractivity contribution in [2.75, 3.05) is 18.6 Å². The Balaban J connectivity index is 1.62. The van der Waals surface area contributed by atoms with E-state index in [-0.39, 0.29) is 0 Å². The number of benzene rings is 2. The molecule has 0 amide bonds. The Morgan fingerprint density at radius 3 is 2.68 bits per heavy atom. The van der Waals surface area contributed by atoms with Crippen LogP contribution in [0.5, 0.6) is 5.75 Å². The number of methoxy groups -OCH3 is 1. The third-order valence-corrected chi connectivity index (χ3v) is 4.41. The van der Waals surface area contributed by atoms with Gasteiger partial charge in [-0.1, -0.05) is 6.07 Å². The lowest BCUT2D eigenvalue weighted by Crippen LogP contribution is -2.12. The number of fused-ring (bicyclic) bond motifs is 1. The van der Waals surface area contributed by atoms with E-state index in [0.717, 1.165) is 30.0 Å². The Morgan fingerprint density at radius 1 is 1.20 bits per heavy atom. The number of anilines is 2. The monoisotopic (exact) mass is 334 g/mol. The summed E-state index contributed by atoms with van der Waals surface area (Å²) in [6.45, 7) is 2.61. The highest BCUT2D eigenvalue weighted by Gasteiger charge is 2.22. The van der Waals surface area contributed by atoms with Gasteiger partial charge in [0.05, 0.1) is 7.11 Å². The van der Waals surface area contributed by atoms with Crippen LogP contribution < -0.4 is 9.64 Å². The first-order chi connectivity index (χ1) is 12.1. The molecule has 0 radical (unpaired) electrons. The Bertz CT molecular complexity index is 898. The number of hydrogen-bond acceptors (Lipinski definition) is 5. The van der Waals surface area contributed by atoms with Crippen LogP contribution in [0.1, 0.15) is 18.1 Å². The molecule has 2 aromatic rings. The van der Waals surface area contributed by atoms with Crippen LogP contribution in [0.2, 0.25) is 0 Å². The fourth-order valence-corrected chi connectivity index (χ4v) is 3.22. The van der Waals surface area contributed by atoms with Crippen molar-refractivity contribution < 1.29 is 14.3 Å². The number of carbonyl (C=O) groups excluding carboxylic acids is 1. The second kappa shape index (κ2) is 6.09. The fourth-order valence-electron chi connectivity index (χ4n) is 3.22. The van der Waals surface area contributed by atoms with Crippen molar-refractivity contribution in [1.82, 2.24) is 0 Å². The molecule has 5 heteroatoms. The van der Waals surface area contributed by atoms with Crippen molar-refractivity contribution in [3.8, 4) is 5.75 Å². The molecule has 0 unspecified atom stereocenters. The van der Waals surface area contributed by atoms with E-state index in [9.17, 15) is 4.79 Å². The molecular weight excluding hydrogens is 316 g/mol. The summed E-state index contributed by atoms with van der Waals surface area (Å²) in [5.41, 5.74) is 4.91. The molecule has 4 rings (SSSR count). The number of ether oxygens (including phenoxy) is 2. The zero-order chi connectivity index (χ0) is 17.4. The summed E-state index contributed by atoms with van der Waals surface area (Å²) >= 11 is 0. The minimum atomic E-state index is -0.391. The molecular formula is C20H18N2O3. The molecule has 0 aromatic heterocycles. The molecule has 0 bridgehead atoms. The van der Waals surface area contributed by atoms with Crippen molar-refractivity contribution in [3.05, 3.63) is 59.3 Å². The molecule has 2 aliphatic heterocycles. The number of rotatable bonds is 3. The Labute approximate surface area is 146 Å². The summed E-state index contributed by atoms with van der Waals surface area (Å²) in [5, 5.41) is 0. The van der Waals surface area contributed by atoms with E-state index >= 15 is 0 Å². The van der Waals surface area contributed by atoms with Crippen molar-refractivity contribution in [3.63, 3.8) is 0 Å². The molecule has 2 heterocycles. The molecule has 0 saturated heterocycles. The topological polar surface area (TPSA) is 51.1 Å². The van der Waals surface area contributed by atoms with E-state index in [1.807, 2.05) is 18.2 Å². The molecule has 2 aromatic carbocycles. The number of cyclic esters (lactones) is 1. The summed E-state index contributed by atoms with van der Waals surface area (Å²) in [6.07, 6.45) is 2.74. The maximum Gasteiger partial charge on any atom is 0.363 e. The molecule has 126 valence electrons. The lowest BCUT2D eigenvalue weighted by Gasteiger charge is -2.20. The van der Waals surface area contributed by atoms with Crippen LogP contribution in [0.3, 0.4) is 0 Å². The zero-order valence-corrected chi connectivity index (χ0v) is 14.2. The minimum absolute atomic E-state index is 0.349. The smallest absolute Gasteiger partial charge is 0.363 e. The highest BCUT2D eigenvalue weighted by molar-refractivity contribution is 6.06. The second-order valence-electron chi connectivity index (χ2n) is 6.04. The van der Waals surface area contributed by atoms with Crippen molar-refractivity contribution in [2.45, 2.75) is 13.3 Å². The molecule has 5 nitrogen and oxygen atoms in total. The van der Waals surface area contributed by atoms with E-state index in [1.165, 1.54) is 11.3 Å². The van der Waals surface area contributed by atoms with Gasteiger partial charge in [0.1, 0.15) is 5.75 Å². The van der Waals surface area contributed by atoms with Crippen LogP contribution in [-0.2, 0) is 16.0 Å². The minimum Gasteiger partial charge on any atom is -0.497 e. The van der Waals surface area contributed by atoms with Gasteiger partial charge in [0.2, 0.25) is 0 Å². The normalized spacial score (nSPS) is 17.5. The zero-order valence-electron chi connectivity index (χ0n) is 14.2. The lowest BCUT2D eigenvalue weighted by molar-refractivity contribution is -0.130. The van der Waals surface area contributed by atoms with Crippen LogP contribution in [-0.4, -0.2) is 25.5 Å². The third kappa shape index (κ3) is 2.89. The maximum atomic E-state index is 11.7. The number of hydrogen-bond donors (Lipinski definition) is 0. The van der Waals surface area contributed by atoms with Gasteiger partial charge in [-0.15, -0.1) is 0 Å². The summed E-state index contributed by atoms with van der Waals surface area (Å²) < 4.78 is 10.2. The van der Waals surface area contributed by atoms with Gasteiger partial charge >= 0.3 is 5.97 Å². The number of esters is 1. The Morgan fingerprint density at radius 2 is 2.00 bits per heavy atom. The predicted molar refractivity (Wildman–Crippen MR) is 97.3 cm³/mol. The predicted octanol–water partition coefficient (Wildman–Crippen LogP) is 3.71. The standard InChI is InChI=1S/C20H18N2O3/c1-13-21-18(20(23)25-13)12-14-3-8-19-15(11-14)9-10-22(19)16-4-6-17(24-2)7-5-16/h3-8,11-12H,9-10H2,1-2H3/b18-12-. The number of carbonyl (C=O) groups is 1. The van der Waals surface area contributed by atoms with Crippen LogP contribution in [0.15, 0.2) is 53.2 Å². The van der Waals surface area contributed by atoms with Gasteiger partial charge in [-0.3, -0.25) is 0 Å². The van der Waals surface area contributed by atoms with E-state index < -0.39 is 5.97 Å². The summed E-state index contributed by atoms with van der Waals surface area (Å²) in [4.78, 5) is 18.1. The van der Waals surface area contributed by atoms with Crippen LogP contribution in [0.4, 0.5) is 11.4 Å². The van der Waals surface area contributed by atoms with Crippen molar-refractivity contribution >= 4 is 29.3 Å². The molecule has 0 aliphatic carbocycles. The van der Waals surface area contributed by atoms with Gasteiger partial charge < -0.3 is 14.4 Å². The molecule has 0 atom stereocenters. The van der Waals surface area contributed by atoms with Crippen LogP contribution in [0, 0.1) is 0 Å². The number of aliphatic imine (C=N–C) groups is 1. The average Bonchev–Trinajstić information content (AvgIpc) is 3.17. The van der Waals surface area contributed by atoms with Gasteiger partial charge in [0.15, 0.2) is 11.6 Å². The highest BCUT2D eigenvalue weighted by Crippen LogP contribution is 2.36. The van der Waals surface area contributed by atoms with Gasteiger partial charge in [0, 0.05) is 24.8 Å². The molecule has 0 N–H and O–H groups in total. The first-order valence-electron chi connectivity index (χ1n) is 8.18. The number of nitrogens with zero attached hydrogens (tertiary/aromatic N) is 2. The van der Waals surface area contributed by atoms with Crippen molar-refractivity contribution in [2.24, 2.45) is 4.99 Å². The SMILES string of the molecule is COc1ccc(N2CCc3cc(/C=C4\N=C(C)OC4=O)ccc32)cc1. The quantitative estimate of drug-likeness (QED) is 0.634. The summed E-state index contributed by atoms with van der Waals surface area (Å²) in [5.74, 6) is 0.852. The lowest BCUT2D eigenvalue weighted by atomic mass is 10.1. The summed E-state index contributed by atoms with van der Waals surface area (Å²) in [6, 6.07) is 14.3. The molecule has 25 heavy (non-hydrogen) atoms. The van der Waals surface area contributed by atoms with E-state index in [4.69, 9.17) is 9.47 Å². The van der Waals surface area contributed by atoms with Gasteiger partial charge in [-0.2, -0.15) is 0 Å². The second-order valence-corrected chi connectivity index (χ2v) is 6.04. The van der Waals surface area contributed by atoms with Gasteiger partial charge in [-0.25, -0.2) is 9.79 Å². The van der Waals surface area contributed by atoms with E-state index in [0.29, 0.717) is 11.6 Å². The fraction of sp³-hybridized carbons (Fsp3) is 0.200. The summed E-state index contributed by atoms with van der Waals surface area (Å²) in [7, 11) is 1.67. The Hall–Kier alpha value is -3.08. The maximum absolute atomic E-state index is 11.7. The molecule has 0 saturated carbocycles. The Kier molecular flexibility index (Phi) is 3.76. The molecule has 0 spiro atoms. The van der Waals surface area contributed by atoms with Gasteiger partial charge in [0.25, 0.3) is 0 Å². The van der Waals surface area contributed by atoms with Gasteiger partial charge in [-0.05, 0) is 60.0 Å².